The predicted molar refractivity (Wildman–Crippen MR) is 60.8 cm³/mol. The van der Waals surface area contributed by atoms with Gasteiger partial charge in [-0.15, -0.1) is 0 Å². The molecule has 0 saturated heterocycles. The zero-order valence-electron chi connectivity index (χ0n) is 8.95. The van der Waals surface area contributed by atoms with Gasteiger partial charge in [-0.2, -0.15) is 4.98 Å². The summed E-state index contributed by atoms with van der Waals surface area (Å²) in [5, 5.41) is 0. The van der Waals surface area contributed by atoms with E-state index in [1.54, 1.807) is 0 Å². The van der Waals surface area contributed by atoms with Crippen LogP contribution < -0.4 is 17.0 Å². The lowest BCUT2D eigenvalue weighted by Crippen LogP contribution is -2.12. The minimum absolute atomic E-state index is 0.0552. The van der Waals surface area contributed by atoms with Crippen molar-refractivity contribution in [2.75, 3.05) is 5.73 Å². The maximum Gasteiger partial charge on any atom is 0.278 e. The summed E-state index contributed by atoms with van der Waals surface area (Å²) in [7, 11) is 0. The minimum Gasteiger partial charge on any atom is -0.369 e. The molecule has 6 N–H and O–H groups in total. The maximum absolute atomic E-state index is 11.5. The first kappa shape index (κ1) is 10.6. The fourth-order valence-electron chi connectivity index (χ4n) is 1.57. The number of nitrogens with one attached hydrogen (secondary N) is 2. The van der Waals surface area contributed by atoms with Gasteiger partial charge >= 0.3 is 0 Å². The standard InChI is InChI=1S/C9H14N6O/c1-2-3-4(10)6-12-5-7(13-6)14-9(11)15-8(5)16/h4H,2-3,10H2,1H3,(H4,11,12,13,14,15,16). The molecule has 0 aromatic carbocycles. The van der Waals surface area contributed by atoms with Crippen LogP contribution in [0, 0.1) is 0 Å². The number of nitrogens with zero attached hydrogens (tertiary/aromatic N) is 2. The molecule has 0 spiro atoms. The average molecular weight is 222 g/mol. The number of hydrogen-bond donors (Lipinski definition) is 4. The smallest absolute Gasteiger partial charge is 0.278 e. The second kappa shape index (κ2) is 3.93. The Morgan fingerprint density at radius 3 is 2.81 bits per heavy atom. The van der Waals surface area contributed by atoms with E-state index in [-0.39, 0.29) is 17.5 Å². The predicted octanol–water partition coefficient (Wildman–Crippen LogP) is 0.0283. The number of aromatic amines is 2. The first-order chi connectivity index (χ1) is 7.61. The SMILES string of the molecule is CCCC(N)c1nc2nc(N)[nH]c(=O)c2[nH]1. The Labute approximate surface area is 91.3 Å². The second-order valence-electron chi connectivity index (χ2n) is 3.67. The lowest BCUT2D eigenvalue weighted by Gasteiger charge is -2.04. The molecule has 0 aliphatic heterocycles. The summed E-state index contributed by atoms with van der Waals surface area (Å²) < 4.78 is 0. The Hall–Kier alpha value is -1.89. The highest BCUT2D eigenvalue weighted by molar-refractivity contribution is 5.70. The number of nitrogens with two attached hydrogens (primary N) is 2. The van der Waals surface area contributed by atoms with E-state index in [0.29, 0.717) is 17.0 Å². The number of imidazole rings is 1. The topological polar surface area (TPSA) is 126 Å². The third kappa shape index (κ3) is 1.76. The molecular formula is C9H14N6O. The van der Waals surface area contributed by atoms with E-state index in [9.17, 15) is 4.79 Å². The molecule has 2 rings (SSSR count). The van der Waals surface area contributed by atoms with Crippen molar-refractivity contribution in [1.82, 2.24) is 19.9 Å². The molecule has 2 aromatic heterocycles. The molecule has 0 aliphatic carbocycles. The number of anilines is 1. The molecule has 7 nitrogen and oxygen atoms in total. The zero-order valence-corrected chi connectivity index (χ0v) is 8.95. The van der Waals surface area contributed by atoms with Crippen LogP contribution in [-0.4, -0.2) is 19.9 Å². The van der Waals surface area contributed by atoms with Crippen molar-refractivity contribution in [2.24, 2.45) is 5.73 Å². The highest BCUT2D eigenvalue weighted by atomic mass is 16.1. The summed E-state index contributed by atoms with van der Waals surface area (Å²) in [5.74, 6) is 0.625. The van der Waals surface area contributed by atoms with E-state index in [2.05, 4.69) is 19.9 Å². The Bertz CT molecular complexity index is 557. The van der Waals surface area contributed by atoms with Gasteiger partial charge in [-0.05, 0) is 6.42 Å². The fraction of sp³-hybridized carbons (Fsp3) is 0.444. The van der Waals surface area contributed by atoms with Crippen LogP contribution in [0.4, 0.5) is 5.95 Å². The summed E-state index contributed by atoms with van der Waals surface area (Å²) in [5.41, 5.74) is 11.6. The molecular weight excluding hydrogens is 208 g/mol. The van der Waals surface area contributed by atoms with Crippen molar-refractivity contribution in [2.45, 2.75) is 25.8 Å². The molecule has 86 valence electrons. The monoisotopic (exact) mass is 222 g/mol. The van der Waals surface area contributed by atoms with Crippen LogP contribution in [0.2, 0.25) is 0 Å². The molecule has 2 heterocycles. The van der Waals surface area contributed by atoms with Crippen molar-refractivity contribution in [3.05, 3.63) is 16.2 Å². The van der Waals surface area contributed by atoms with Gasteiger partial charge in [-0.25, -0.2) is 4.98 Å². The first-order valence-corrected chi connectivity index (χ1v) is 5.12. The molecule has 0 bridgehead atoms. The highest BCUT2D eigenvalue weighted by Crippen LogP contribution is 2.14. The third-order valence-corrected chi connectivity index (χ3v) is 2.35. The van der Waals surface area contributed by atoms with Gasteiger partial charge in [0, 0.05) is 0 Å². The van der Waals surface area contributed by atoms with Gasteiger partial charge in [-0.1, -0.05) is 13.3 Å². The summed E-state index contributed by atoms with van der Waals surface area (Å²) in [6.45, 7) is 2.03. The second-order valence-corrected chi connectivity index (χ2v) is 3.67. The molecule has 2 aromatic rings. The number of H-pyrrole nitrogens is 2. The van der Waals surface area contributed by atoms with Crippen molar-refractivity contribution < 1.29 is 0 Å². The first-order valence-electron chi connectivity index (χ1n) is 5.12. The third-order valence-electron chi connectivity index (χ3n) is 2.35. The van der Waals surface area contributed by atoms with Gasteiger partial charge in [0.2, 0.25) is 5.95 Å². The van der Waals surface area contributed by atoms with Crippen LogP contribution in [0.1, 0.15) is 31.6 Å². The van der Waals surface area contributed by atoms with Crippen LogP contribution >= 0.6 is 0 Å². The molecule has 7 heteroatoms. The van der Waals surface area contributed by atoms with E-state index in [4.69, 9.17) is 11.5 Å². The van der Waals surface area contributed by atoms with Gasteiger partial charge in [-0.3, -0.25) is 9.78 Å². The van der Waals surface area contributed by atoms with Gasteiger partial charge in [0.1, 0.15) is 5.82 Å². The van der Waals surface area contributed by atoms with Crippen molar-refractivity contribution in [3.63, 3.8) is 0 Å². The Kier molecular flexibility index (Phi) is 2.61. The Balaban J connectivity index is 2.51. The molecule has 1 atom stereocenters. The summed E-state index contributed by atoms with van der Waals surface area (Å²) in [6.07, 6.45) is 1.75. The van der Waals surface area contributed by atoms with Gasteiger partial charge < -0.3 is 16.5 Å². The number of hydrogen-bond acceptors (Lipinski definition) is 5. The highest BCUT2D eigenvalue weighted by Gasteiger charge is 2.13. The van der Waals surface area contributed by atoms with Crippen molar-refractivity contribution in [1.29, 1.82) is 0 Å². The van der Waals surface area contributed by atoms with Gasteiger partial charge in [0.25, 0.3) is 5.56 Å². The molecule has 0 aliphatic rings. The number of fused-ring (bicyclic) bond motifs is 1. The quantitative estimate of drug-likeness (QED) is 0.582. The lowest BCUT2D eigenvalue weighted by atomic mass is 10.2. The number of aromatic nitrogens is 4. The maximum atomic E-state index is 11.5. The van der Waals surface area contributed by atoms with E-state index in [1.807, 2.05) is 6.92 Å². The zero-order chi connectivity index (χ0) is 11.7. The lowest BCUT2D eigenvalue weighted by molar-refractivity contribution is 0.610. The van der Waals surface area contributed by atoms with Crippen LogP contribution in [0.25, 0.3) is 11.2 Å². The van der Waals surface area contributed by atoms with Crippen LogP contribution in [0.5, 0.6) is 0 Å². The van der Waals surface area contributed by atoms with E-state index in [1.165, 1.54) is 0 Å². The normalized spacial score (nSPS) is 13.1. The largest absolute Gasteiger partial charge is 0.369 e. The van der Waals surface area contributed by atoms with E-state index < -0.39 is 0 Å². The molecule has 0 radical (unpaired) electrons. The van der Waals surface area contributed by atoms with Crippen molar-refractivity contribution >= 4 is 17.1 Å². The van der Waals surface area contributed by atoms with Crippen LogP contribution in [0.15, 0.2) is 4.79 Å². The van der Waals surface area contributed by atoms with Crippen molar-refractivity contribution in [3.8, 4) is 0 Å². The number of rotatable bonds is 3. The summed E-state index contributed by atoms with van der Waals surface area (Å²) >= 11 is 0. The fourth-order valence-corrected chi connectivity index (χ4v) is 1.57. The van der Waals surface area contributed by atoms with Crippen LogP contribution in [0.3, 0.4) is 0 Å². The van der Waals surface area contributed by atoms with Gasteiger partial charge in [0.05, 0.1) is 6.04 Å². The van der Waals surface area contributed by atoms with E-state index in [0.717, 1.165) is 12.8 Å². The Morgan fingerprint density at radius 1 is 1.38 bits per heavy atom. The summed E-state index contributed by atoms with van der Waals surface area (Å²) in [4.78, 5) is 24.9. The molecule has 0 amide bonds. The molecule has 1 unspecified atom stereocenters. The average Bonchev–Trinajstić information content (AvgIpc) is 2.62. The molecule has 0 fully saturated rings. The molecule has 16 heavy (non-hydrogen) atoms. The number of nitrogen functional groups attached to an aromatic ring is 1. The summed E-state index contributed by atoms with van der Waals surface area (Å²) in [6, 6.07) is -0.208. The van der Waals surface area contributed by atoms with E-state index >= 15 is 0 Å². The van der Waals surface area contributed by atoms with Crippen LogP contribution in [-0.2, 0) is 0 Å². The minimum atomic E-state index is -0.329. The molecule has 0 saturated carbocycles. The Morgan fingerprint density at radius 2 is 2.12 bits per heavy atom. The van der Waals surface area contributed by atoms with Gasteiger partial charge in [0.15, 0.2) is 11.2 Å².